The summed E-state index contributed by atoms with van der Waals surface area (Å²) in [6, 6.07) is 0. The van der Waals surface area contributed by atoms with Gasteiger partial charge in [0.25, 0.3) is 0 Å². The molecular formula is C14H17N5O2S. The summed E-state index contributed by atoms with van der Waals surface area (Å²) in [5, 5.41) is 9.93. The molecular weight excluding hydrogens is 302 g/mol. The van der Waals surface area contributed by atoms with Crippen molar-refractivity contribution in [1.29, 1.82) is 0 Å². The summed E-state index contributed by atoms with van der Waals surface area (Å²) in [5.41, 5.74) is 6.87. The highest BCUT2D eigenvalue weighted by atomic mass is 32.1. The van der Waals surface area contributed by atoms with E-state index in [9.17, 15) is 5.11 Å². The highest BCUT2D eigenvalue weighted by Gasteiger charge is 2.42. The summed E-state index contributed by atoms with van der Waals surface area (Å²) in [5.74, 6) is 6.12. The second kappa shape index (κ2) is 6.12. The summed E-state index contributed by atoms with van der Waals surface area (Å²) < 4.78 is 7.69. The first-order valence-corrected chi connectivity index (χ1v) is 7.49. The van der Waals surface area contributed by atoms with E-state index in [1.807, 2.05) is 0 Å². The fourth-order valence-electron chi connectivity index (χ4n) is 2.59. The van der Waals surface area contributed by atoms with Crippen LogP contribution in [0.15, 0.2) is 12.7 Å². The standard InChI is InChI=1S/C14H17N5O2S/c1-2-3-4-5-8-10(20)11(22)14(21-8)19-7-18-9-12(15)16-6-17-13(9)19/h6-8,10-11,14,20,22H,4-5H2,1H3,(H2,15,16,17)/t8-,10-,11-,14-/m1/s1. The quantitative estimate of drug-likeness (QED) is 0.571. The minimum absolute atomic E-state index is 0.313. The topological polar surface area (TPSA) is 99.1 Å². The molecule has 2 aromatic rings. The minimum atomic E-state index is -0.677. The summed E-state index contributed by atoms with van der Waals surface area (Å²) >= 11 is 4.49. The third kappa shape index (κ3) is 2.52. The zero-order valence-electron chi connectivity index (χ0n) is 12.0. The first-order valence-electron chi connectivity index (χ1n) is 6.97. The number of nitrogens with two attached hydrogens (primary N) is 1. The fraction of sp³-hybridized carbons (Fsp3) is 0.500. The molecule has 2 aromatic heterocycles. The Morgan fingerprint density at radius 1 is 1.45 bits per heavy atom. The summed E-state index contributed by atoms with van der Waals surface area (Å²) in [6.45, 7) is 1.79. The van der Waals surface area contributed by atoms with Gasteiger partial charge in [-0.15, -0.1) is 11.8 Å². The molecule has 0 unspecified atom stereocenters. The van der Waals surface area contributed by atoms with Crippen LogP contribution in [0.3, 0.4) is 0 Å². The lowest BCUT2D eigenvalue weighted by atomic mass is 10.1. The van der Waals surface area contributed by atoms with Crippen molar-refractivity contribution in [3.8, 4) is 11.8 Å². The van der Waals surface area contributed by atoms with Gasteiger partial charge in [0.05, 0.1) is 23.8 Å². The Balaban J connectivity index is 1.87. The van der Waals surface area contributed by atoms with E-state index >= 15 is 0 Å². The number of rotatable bonds is 3. The van der Waals surface area contributed by atoms with Crippen molar-refractivity contribution in [2.75, 3.05) is 5.73 Å². The van der Waals surface area contributed by atoms with Gasteiger partial charge >= 0.3 is 0 Å². The number of nitrogen functional groups attached to an aromatic ring is 1. The number of aliphatic hydroxyl groups excluding tert-OH is 1. The third-order valence-electron chi connectivity index (χ3n) is 3.73. The number of anilines is 1. The minimum Gasteiger partial charge on any atom is -0.389 e. The summed E-state index contributed by atoms with van der Waals surface area (Å²) in [4.78, 5) is 12.3. The molecule has 3 heterocycles. The van der Waals surface area contributed by atoms with E-state index in [4.69, 9.17) is 10.5 Å². The van der Waals surface area contributed by atoms with Gasteiger partial charge in [-0.05, 0) is 13.3 Å². The average molecular weight is 319 g/mol. The van der Waals surface area contributed by atoms with E-state index in [0.717, 1.165) is 0 Å². The molecule has 8 heteroatoms. The molecule has 3 rings (SSSR count). The SMILES string of the molecule is CC#CCC[C@H]1O[C@@H](n2cnc3c(N)ncnc32)[C@H](S)[C@@H]1O. The van der Waals surface area contributed by atoms with Crippen LogP contribution in [0.25, 0.3) is 11.2 Å². The number of aromatic nitrogens is 4. The largest absolute Gasteiger partial charge is 0.389 e. The van der Waals surface area contributed by atoms with Gasteiger partial charge in [0.2, 0.25) is 0 Å². The van der Waals surface area contributed by atoms with Gasteiger partial charge in [0.1, 0.15) is 11.8 Å². The zero-order valence-corrected chi connectivity index (χ0v) is 12.9. The molecule has 1 aliphatic rings. The Morgan fingerprint density at radius 2 is 2.27 bits per heavy atom. The van der Waals surface area contributed by atoms with E-state index in [1.54, 1.807) is 17.8 Å². The van der Waals surface area contributed by atoms with Crippen LogP contribution in [0, 0.1) is 11.8 Å². The first kappa shape index (κ1) is 15.1. The van der Waals surface area contributed by atoms with E-state index in [0.29, 0.717) is 29.8 Å². The first-order chi connectivity index (χ1) is 10.6. The van der Waals surface area contributed by atoms with E-state index in [-0.39, 0.29) is 11.4 Å². The van der Waals surface area contributed by atoms with Crippen LogP contribution in [0.5, 0.6) is 0 Å². The molecule has 22 heavy (non-hydrogen) atoms. The summed E-state index contributed by atoms with van der Waals surface area (Å²) in [6.07, 6.45) is 2.84. The number of hydrogen-bond donors (Lipinski definition) is 3. The number of fused-ring (bicyclic) bond motifs is 1. The number of ether oxygens (including phenoxy) is 1. The van der Waals surface area contributed by atoms with Crippen molar-refractivity contribution >= 4 is 29.6 Å². The molecule has 1 fully saturated rings. The smallest absolute Gasteiger partial charge is 0.167 e. The number of aliphatic hydroxyl groups is 1. The van der Waals surface area contributed by atoms with Crippen LogP contribution in [0.2, 0.25) is 0 Å². The molecule has 0 aromatic carbocycles. The van der Waals surface area contributed by atoms with Crippen LogP contribution in [0.4, 0.5) is 5.82 Å². The van der Waals surface area contributed by atoms with Crippen molar-refractivity contribution in [3.05, 3.63) is 12.7 Å². The predicted molar refractivity (Wildman–Crippen MR) is 85.1 cm³/mol. The lowest BCUT2D eigenvalue weighted by molar-refractivity contribution is -0.0197. The average Bonchev–Trinajstić information content (AvgIpc) is 3.05. The molecule has 0 bridgehead atoms. The predicted octanol–water partition coefficient (Wildman–Crippen LogP) is 0.769. The Hall–Kier alpha value is -1.82. The Kier molecular flexibility index (Phi) is 4.20. The Labute approximate surface area is 133 Å². The van der Waals surface area contributed by atoms with Crippen LogP contribution in [-0.2, 0) is 4.74 Å². The maximum Gasteiger partial charge on any atom is 0.167 e. The van der Waals surface area contributed by atoms with Gasteiger partial charge in [0, 0.05) is 6.42 Å². The lowest BCUT2D eigenvalue weighted by Crippen LogP contribution is -2.27. The zero-order chi connectivity index (χ0) is 15.7. The molecule has 1 aliphatic heterocycles. The van der Waals surface area contributed by atoms with Crippen LogP contribution < -0.4 is 5.73 Å². The molecule has 116 valence electrons. The normalized spacial score (nSPS) is 27.8. The van der Waals surface area contributed by atoms with Gasteiger partial charge in [-0.1, -0.05) is 0 Å². The van der Waals surface area contributed by atoms with Crippen LogP contribution in [-0.4, -0.2) is 42.1 Å². The monoisotopic (exact) mass is 319 g/mol. The van der Waals surface area contributed by atoms with Crippen molar-refractivity contribution in [2.24, 2.45) is 0 Å². The molecule has 3 N–H and O–H groups in total. The third-order valence-corrected chi connectivity index (χ3v) is 4.29. The van der Waals surface area contributed by atoms with Gasteiger partial charge in [0.15, 0.2) is 17.7 Å². The molecule has 4 atom stereocenters. The van der Waals surface area contributed by atoms with E-state index in [1.165, 1.54) is 6.33 Å². The second-order valence-electron chi connectivity index (χ2n) is 5.09. The Bertz CT molecular complexity index is 738. The maximum absolute atomic E-state index is 10.3. The van der Waals surface area contributed by atoms with Gasteiger partial charge in [-0.2, -0.15) is 12.6 Å². The fourth-order valence-corrected chi connectivity index (χ4v) is 3.00. The molecule has 0 amide bonds. The molecule has 0 saturated carbocycles. The molecule has 1 saturated heterocycles. The second-order valence-corrected chi connectivity index (χ2v) is 5.69. The van der Waals surface area contributed by atoms with Crippen LogP contribution >= 0.6 is 12.6 Å². The lowest BCUT2D eigenvalue weighted by Gasteiger charge is -2.16. The van der Waals surface area contributed by atoms with E-state index < -0.39 is 12.3 Å². The van der Waals surface area contributed by atoms with Gasteiger partial charge in [-0.25, -0.2) is 15.0 Å². The number of hydrogen-bond acceptors (Lipinski definition) is 7. The Morgan fingerprint density at radius 3 is 3.05 bits per heavy atom. The molecule has 0 radical (unpaired) electrons. The van der Waals surface area contributed by atoms with E-state index in [2.05, 4.69) is 39.4 Å². The van der Waals surface area contributed by atoms with Crippen molar-refractivity contribution in [1.82, 2.24) is 19.5 Å². The van der Waals surface area contributed by atoms with Crippen LogP contribution in [0.1, 0.15) is 26.0 Å². The highest BCUT2D eigenvalue weighted by Crippen LogP contribution is 2.36. The number of thiol groups is 1. The van der Waals surface area contributed by atoms with Crippen molar-refractivity contribution < 1.29 is 9.84 Å². The number of imidazole rings is 1. The van der Waals surface area contributed by atoms with Crippen molar-refractivity contribution in [2.45, 2.75) is 43.5 Å². The van der Waals surface area contributed by atoms with Gasteiger partial charge < -0.3 is 15.6 Å². The molecule has 0 aliphatic carbocycles. The molecule has 7 nitrogen and oxygen atoms in total. The highest BCUT2D eigenvalue weighted by molar-refractivity contribution is 7.81. The molecule has 0 spiro atoms. The maximum atomic E-state index is 10.3. The number of nitrogens with zero attached hydrogens (tertiary/aromatic N) is 4. The summed E-state index contributed by atoms with van der Waals surface area (Å²) in [7, 11) is 0. The van der Waals surface area contributed by atoms with Crippen molar-refractivity contribution in [3.63, 3.8) is 0 Å². The van der Waals surface area contributed by atoms with Gasteiger partial charge in [-0.3, -0.25) is 4.57 Å².